The highest BCUT2D eigenvalue weighted by atomic mass is 32.2. The van der Waals surface area contributed by atoms with E-state index < -0.39 is 44.7 Å². The van der Waals surface area contributed by atoms with Crippen molar-refractivity contribution >= 4 is 27.6 Å². The summed E-state index contributed by atoms with van der Waals surface area (Å²) in [5.41, 5.74) is 5.96. The molecule has 9 heteroatoms. The first kappa shape index (κ1) is 22.4. The molecule has 2 aliphatic rings. The number of carbonyl (C=O) groups is 2. The molecule has 1 aliphatic heterocycles. The highest BCUT2D eigenvalue weighted by molar-refractivity contribution is 7.92. The molecule has 0 unspecified atom stereocenters. The largest absolute Gasteiger partial charge is 0.466 e. The lowest BCUT2D eigenvalue weighted by atomic mass is 9.93. The summed E-state index contributed by atoms with van der Waals surface area (Å²) < 4.78 is 37.0. The van der Waals surface area contributed by atoms with Crippen LogP contribution in [0, 0.1) is 5.92 Å². The third kappa shape index (κ3) is 4.55. The molecular formula is C21H30N2O6S. The molecule has 0 radical (unpaired) electrons. The minimum atomic E-state index is -3.58. The maximum Gasteiger partial charge on any atom is 0.410 e. The lowest BCUT2D eigenvalue weighted by molar-refractivity contribution is -0.148. The molecule has 1 aromatic rings. The number of carbonyl (C=O) groups excluding carboxylic acids is 2. The van der Waals surface area contributed by atoms with Gasteiger partial charge in [0, 0.05) is 12.2 Å². The summed E-state index contributed by atoms with van der Waals surface area (Å²) in [5, 5.41) is -0.433. The Morgan fingerprint density at radius 3 is 2.43 bits per heavy atom. The maximum atomic E-state index is 13.1. The normalized spacial score (nSPS) is 22.1. The van der Waals surface area contributed by atoms with E-state index in [1.54, 1.807) is 33.8 Å². The molecule has 0 bridgehead atoms. The second-order valence-electron chi connectivity index (χ2n) is 8.81. The molecule has 1 saturated heterocycles. The fourth-order valence-electron chi connectivity index (χ4n) is 3.81. The van der Waals surface area contributed by atoms with Crippen molar-refractivity contribution in [2.24, 2.45) is 5.92 Å². The number of sulfone groups is 1. The van der Waals surface area contributed by atoms with Crippen LogP contribution in [0.15, 0.2) is 23.1 Å². The Labute approximate surface area is 177 Å². The van der Waals surface area contributed by atoms with E-state index in [0.29, 0.717) is 30.5 Å². The highest BCUT2D eigenvalue weighted by Crippen LogP contribution is 2.44. The van der Waals surface area contributed by atoms with Crippen LogP contribution >= 0.6 is 0 Å². The number of nitrogens with zero attached hydrogens (tertiary/aromatic N) is 1. The Morgan fingerprint density at radius 1 is 1.20 bits per heavy atom. The van der Waals surface area contributed by atoms with Gasteiger partial charge in [-0.3, -0.25) is 4.79 Å². The molecule has 2 fully saturated rings. The van der Waals surface area contributed by atoms with Gasteiger partial charge in [-0.2, -0.15) is 0 Å². The molecule has 0 aromatic heterocycles. The van der Waals surface area contributed by atoms with Gasteiger partial charge in [0.25, 0.3) is 0 Å². The van der Waals surface area contributed by atoms with Gasteiger partial charge in [-0.25, -0.2) is 13.2 Å². The minimum Gasteiger partial charge on any atom is -0.466 e. The summed E-state index contributed by atoms with van der Waals surface area (Å²) in [6.45, 7) is 7.41. The second-order valence-corrected chi connectivity index (χ2v) is 11.0. The van der Waals surface area contributed by atoms with Crippen LogP contribution in [0.1, 0.15) is 58.6 Å². The molecule has 1 aromatic carbocycles. The number of nitrogens with two attached hydrogens (primary N) is 1. The number of rotatable bonds is 5. The van der Waals surface area contributed by atoms with Gasteiger partial charge < -0.3 is 20.1 Å². The van der Waals surface area contributed by atoms with E-state index in [1.807, 2.05) is 0 Å². The van der Waals surface area contributed by atoms with Crippen molar-refractivity contribution in [3.63, 3.8) is 0 Å². The number of likely N-dealkylation sites (tertiary alicyclic amines) is 1. The van der Waals surface area contributed by atoms with Crippen molar-refractivity contribution < 1.29 is 27.5 Å². The Morgan fingerprint density at radius 2 is 1.87 bits per heavy atom. The zero-order valence-electron chi connectivity index (χ0n) is 17.9. The van der Waals surface area contributed by atoms with Gasteiger partial charge >= 0.3 is 12.1 Å². The van der Waals surface area contributed by atoms with E-state index >= 15 is 0 Å². The monoisotopic (exact) mass is 438 g/mol. The van der Waals surface area contributed by atoms with Gasteiger partial charge in [-0.15, -0.1) is 0 Å². The van der Waals surface area contributed by atoms with Crippen molar-refractivity contribution in [1.82, 2.24) is 4.90 Å². The third-order valence-electron chi connectivity index (χ3n) is 5.24. The van der Waals surface area contributed by atoms with E-state index in [1.165, 1.54) is 17.0 Å². The molecule has 0 spiro atoms. The first-order valence-electron chi connectivity index (χ1n) is 10.2. The molecule has 1 aliphatic carbocycles. The van der Waals surface area contributed by atoms with Gasteiger partial charge in [-0.05, 0) is 70.7 Å². The number of benzene rings is 1. The van der Waals surface area contributed by atoms with Crippen LogP contribution in [-0.4, -0.2) is 49.4 Å². The van der Waals surface area contributed by atoms with Crippen LogP contribution in [0.5, 0.6) is 0 Å². The average molecular weight is 439 g/mol. The Bertz CT molecular complexity index is 933. The average Bonchev–Trinajstić information content (AvgIpc) is 3.39. The number of esters is 1. The molecule has 2 atom stereocenters. The van der Waals surface area contributed by atoms with Crippen molar-refractivity contribution in [2.45, 2.75) is 68.7 Å². The van der Waals surface area contributed by atoms with Crippen LogP contribution in [0.2, 0.25) is 0 Å². The number of nitrogen functional groups attached to an aromatic ring is 1. The SMILES string of the molecule is CCOC(=O)[C@H]1CCN(C(=O)OC(C)(C)C)[C@H]1c1cc(N)ccc1S(=O)(=O)C1CC1. The first-order valence-corrected chi connectivity index (χ1v) is 11.8. The lowest BCUT2D eigenvalue weighted by Crippen LogP contribution is -2.39. The van der Waals surface area contributed by atoms with Gasteiger partial charge in [0.1, 0.15) is 5.60 Å². The van der Waals surface area contributed by atoms with Crippen molar-refractivity contribution in [2.75, 3.05) is 18.9 Å². The highest BCUT2D eigenvalue weighted by Gasteiger charge is 2.47. The third-order valence-corrected chi connectivity index (χ3v) is 7.57. The number of hydrogen-bond donors (Lipinski definition) is 1. The Kier molecular flexibility index (Phi) is 6.04. The van der Waals surface area contributed by atoms with Crippen molar-refractivity contribution in [3.05, 3.63) is 23.8 Å². The van der Waals surface area contributed by atoms with Gasteiger partial charge in [-0.1, -0.05) is 0 Å². The van der Waals surface area contributed by atoms with E-state index in [2.05, 4.69) is 0 Å². The first-order chi connectivity index (χ1) is 14.0. The standard InChI is InChI=1S/C21H30N2O6S/c1-5-28-19(24)15-10-11-23(20(25)29-21(2,3)4)18(15)16-12-13(22)6-9-17(16)30(26,27)14-7-8-14/h6,9,12,14-15,18H,5,7-8,10-11,22H2,1-4H3/t15-,18+/m0/s1. The summed E-state index contributed by atoms with van der Waals surface area (Å²) in [4.78, 5) is 27.2. The zero-order valence-corrected chi connectivity index (χ0v) is 18.7. The minimum absolute atomic E-state index is 0.119. The van der Waals surface area contributed by atoms with E-state index in [-0.39, 0.29) is 18.0 Å². The molecule has 8 nitrogen and oxygen atoms in total. The molecule has 166 valence electrons. The van der Waals surface area contributed by atoms with Gasteiger partial charge in [0.2, 0.25) is 0 Å². The van der Waals surface area contributed by atoms with E-state index in [4.69, 9.17) is 15.2 Å². The quantitative estimate of drug-likeness (QED) is 0.555. The molecule has 1 saturated carbocycles. The molecule has 3 rings (SSSR count). The van der Waals surface area contributed by atoms with Gasteiger partial charge in [0.05, 0.1) is 28.7 Å². The molecule has 1 amide bonds. The fraction of sp³-hybridized carbons (Fsp3) is 0.619. The summed E-state index contributed by atoms with van der Waals surface area (Å²) in [7, 11) is -3.58. The lowest BCUT2D eigenvalue weighted by Gasteiger charge is -2.31. The molecule has 2 N–H and O–H groups in total. The van der Waals surface area contributed by atoms with Crippen LogP contribution < -0.4 is 5.73 Å². The summed E-state index contributed by atoms with van der Waals surface area (Å²) in [5.74, 6) is -1.17. The fourth-order valence-corrected chi connectivity index (χ4v) is 5.70. The summed E-state index contributed by atoms with van der Waals surface area (Å²) >= 11 is 0. The zero-order chi connectivity index (χ0) is 22.3. The maximum absolute atomic E-state index is 13.1. The molecule has 30 heavy (non-hydrogen) atoms. The smallest absolute Gasteiger partial charge is 0.410 e. The Hall–Kier alpha value is -2.29. The number of amides is 1. The topological polar surface area (TPSA) is 116 Å². The number of hydrogen-bond acceptors (Lipinski definition) is 7. The van der Waals surface area contributed by atoms with Crippen molar-refractivity contribution in [1.29, 1.82) is 0 Å². The predicted octanol–water partition coefficient (Wildman–Crippen LogP) is 3.07. The molecule has 1 heterocycles. The summed E-state index contributed by atoms with van der Waals surface area (Å²) in [6, 6.07) is 3.73. The second kappa shape index (κ2) is 8.09. The summed E-state index contributed by atoms with van der Waals surface area (Å²) in [6.07, 6.45) is 0.957. The van der Waals surface area contributed by atoms with Crippen molar-refractivity contribution in [3.8, 4) is 0 Å². The molecular weight excluding hydrogens is 408 g/mol. The van der Waals surface area contributed by atoms with Crippen LogP contribution in [0.4, 0.5) is 10.5 Å². The predicted molar refractivity (Wildman–Crippen MR) is 111 cm³/mol. The number of anilines is 1. The number of ether oxygens (including phenoxy) is 2. The van der Waals surface area contributed by atoms with E-state index in [0.717, 1.165) is 0 Å². The van der Waals surface area contributed by atoms with E-state index in [9.17, 15) is 18.0 Å². The van der Waals surface area contributed by atoms with Gasteiger partial charge in [0.15, 0.2) is 9.84 Å². The van der Waals surface area contributed by atoms with Crippen LogP contribution in [-0.2, 0) is 24.1 Å². The van der Waals surface area contributed by atoms with Crippen LogP contribution in [0.3, 0.4) is 0 Å². The van der Waals surface area contributed by atoms with Crippen LogP contribution in [0.25, 0.3) is 0 Å². The Balaban J connectivity index is 2.10.